The van der Waals surface area contributed by atoms with E-state index in [9.17, 15) is 27.3 Å². The molecule has 0 amide bonds. The maximum absolute atomic E-state index is 14.0. The summed E-state index contributed by atoms with van der Waals surface area (Å²) in [5, 5.41) is 14.7. The normalized spacial score (nSPS) is 17.1. The number of nitro groups is 1. The summed E-state index contributed by atoms with van der Waals surface area (Å²) in [5.74, 6) is -2.29. The van der Waals surface area contributed by atoms with Gasteiger partial charge in [-0.3, -0.25) is 10.1 Å². The molecular weight excluding hydrogens is 406 g/mol. The second kappa shape index (κ2) is 7.23. The SMILES string of the molecule is O=[N+]([O-])c1ccc2c(c1N1CCN(S(=O)(=O)c3c(F)cccc3F)CC1)CCN2. The Bertz CT molecular complexity index is 1070. The van der Waals surface area contributed by atoms with Gasteiger partial charge in [-0.25, -0.2) is 17.2 Å². The van der Waals surface area contributed by atoms with Crippen LogP contribution in [0, 0.1) is 21.7 Å². The van der Waals surface area contributed by atoms with Crippen molar-refractivity contribution in [2.24, 2.45) is 0 Å². The van der Waals surface area contributed by atoms with Crippen molar-refractivity contribution < 1.29 is 22.1 Å². The van der Waals surface area contributed by atoms with Crippen molar-refractivity contribution in [2.75, 3.05) is 42.9 Å². The van der Waals surface area contributed by atoms with E-state index >= 15 is 0 Å². The number of fused-ring (bicyclic) bond motifs is 1. The molecule has 0 unspecified atom stereocenters. The van der Waals surface area contributed by atoms with E-state index in [0.29, 0.717) is 18.7 Å². The lowest BCUT2D eigenvalue weighted by Crippen LogP contribution is -2.49. The van der Waals surface area contributed by atoms with Gasteiger partial charge in [-0.1, -0.05) is 6.07 Å². The van der Waals surface area contributed by atoms with Crippen molar-refractivity contribution in [3.8, 4) is 0 Å². The van der Waals surface area contributed by atoms with E-state index in [1.807, 2.05) is 0 Å². The number of hydrogen-bond donors (Lipinski definition) is 1. The third-order valence-corrected chi connectivity index (χ3v) is 7.17. The first-order chi connectivity index (χ1) is 13.8. The monoisotopic (exact) mass is 424 g/mol. The van der Waals surface area contributed by atoms with Crippen LogP contribution in [0.1, 0.15) is 5.56 Å². The third-order valence-electron chi connectivity index (χ3n) is 5.22. The topological polar surface area (TPSA) is 95.8 Å². The van der Waals surface area contributed by atoms with E-state index in [2.05, 4.69) is 5.32 Å². The largest absolute Gasteiger partial charge is 0.384 e. The molecule has 2 heterocycles. The number of sulfonamides is 1. The van der Waals surface area contributed by atoms with Gasteiger partial charge < -0.3 is 10.2 Å². The summed E-state index contributed by atoms with van der Waals surface area (Å²) >= 11 is 0. The predicted molar refractivity (Wildman–Crippen MR) is 103 cm³/mol. The Morgan fingerprint density at radius 2 is 1.69 bits per heavy atom. The standard InChI is InChI=1S/C18H18F2N4O4S/c19-13-2-1-3-14(20)18(13)29(27,28)23-10-8-22(9-11-23)17-12-6-7-21-15(12)4-5-16(17)24(25)26/h1-5,21H,6-11H2. The molecule has 0 aliphatic carbocycles. The number of nitrogens with zero attached hydrogens (tertiary/aromatic N) is 3. The molecule has 1 saturated heterocycles. The smallest absolute Gasteiger partial charge is 0.292 e. The first-order valence-electron chi connectivity index (χ1n) is 9.04. The van der Waals surface area contributed by atoms with Gasteiger partial charge in [-0.15, -0.1) is 0 Å². The zero-order valence-electron chi connectivity index (χ0n) is 15.3. The quantitative estimate of drug-likeness (QED) is 0.598. The Morgan fingerprint density at radius 1 is 1.03 bits per heavy atom. The zero-order chi connectivity index (χ0) is 20.8. The first kappa shape index (κ1) is 19.5. The van der Waals surface area contributed by atoms with Gasteiger partial charge in [-0.2, -0.15) is 4.31 Å². The third kappa shape index (κ3) is 3.29. The molecule has 2 aromatic carbocycles. The fraction of sp³-hybridized carbons (Fsp3) is 0.333. The van der Waals surface area contributed by atoms with Crippen molar-refractivity contribution in [1.82, 2.24) is 4.31 Å². The molecule has 0 bridgehead atoms. The Kier molecular flexibility index (Phi) is 4.87. The number of rotatable bonds is 4. The maximum Gasteiger partial charge on any atom is 0.292 e. The first-order valence-corrected chi connectivity index (χ1v) is 10.5. The van der Waals surface area contributed by atoms with E-state index in [4.69, 9.17) is 0 Å². The summed E-state index contributed by atoms with van der Waals surface area (Å²) in [6, 6.07) is 6.01. The van der Waals surface area contributed by atoms with Crippen molar-refractivity contribution >= 4 is 27.1 Å². The number of halogens is 2. The molecule has 29 heavy (non-hydrogen) atoms. The van der Waals surface area contributed by atoms with Crippen LogP contribution in [0.4, 0.5) is 25.8 Å². The van der Waals surface area contributed by atoms with E-state index in [1.165, 1.54) is 6.07 Å². The van der Waals surface area contributed by atoms with Crippen LogP contribution < -0.4 is 10.2 Å². The van der Waals surface area contributed by atoms with E-state index in [-0.39, 0.29) is 31.9 Å². The summed E-state index contributed by atoms with van der Waals surface area (Å²) in [4.78, 5) is 11.9. The van der Waals surface area contributed by atoms with E-state index in [0.717, 1.165) is 33.8 Å². The van der Waals surface area contributed by atoms with Gasteiger partial charge in [0.05, 0.1) is 4.92 Å². The minimum atomic E-state index is -4.36. The number of nitrogens with one attached hydrogen (secondary N) is 1. The van der Waals surface area contributed by atoms with Crippen molar-refractivity contribution in [2.45, 2.75) is 11.3 Å². The van der Waals surface area contributed by atoms with E-state index < -0.39 is 31.5 Å². The molecular formula is C18H18F2N4O4S. The van der Waals surface area contributed by atoms with Crippen LogP contribution in [0.2, 0.25) is 0 Å². The average molecular weight is 424 g/mol. The fourth-order valence-corrected chi connectivity index (χ4v) is 5.41. The molecule has 1 fully saturated rings. The van der Waals surface area contributed by atoms with Crippen LogP contribution in [-0.2, 0) is 16.4 Å². The molecule has 2 aliphatic rings. The maximum atomic E-state index is 14.0. The molecule has 0 spiro atoms. The van der Waals surface area contributed by atoms with Crippen LogP contribution in [0.15, 0.2) is 35.2 Å². The summed E-state index contributed by atoms with van der Waals surface area (Å²) < 4.78 is 54.5. The van der Waals surface area contributed by atoms with Crippen LogP contribution in [0.5, 0.6) is 0 Å². The van der Waals surface area contributed by atoms with Crippen molar-refractivity contribution in [1.29, 1.82) is 0 Å². The van der Waals surface area contributed by atoms with Crippen LogP contribution in [-0.4, -0.2) is 50.4 Å². The van der Waals surface area contributed by atoms with Gasteiger partial charge in [0.25, 0.3) is 5.69 Å². The molecule has 0 atom stereocenters. The summed E-state index contributed by atoms with van der Waals surface area (Å²) in [6.07, 6.45) is 0.630. The number of benzene rings is 2. The molecule has 0 aromatic heterocycles. The highest BCUT2D eigenvalue weighted by Gasteiger charge is 2.35. The minimum absolute atomic E-state index is 0.0373. The van der Waals surface area contributed by atoms with Gasteiger partial charge in [0.15, 0.2) is 4.90 Å². The van der Waals surface area contributed by atoms with Gasteiger partial charge in [-0.05, 0) is 24.6 Å². The number of hydrogen-bond acceptors (Lipinski definition) is 6. The fourth-order valence-electron chi connectivity index (χ4n) is 3.88. The highest BCUT2D eigenvalue weighted by atomic mass is 32.2. The van der Waals surface area contributed by atoms with Crippen LogP contribution in [0.3, 0.4) is 0 Å². The summed E-state index contributed by atoms with van der Waals surface area (Å²) in [5.41, 5.74) is 2.10. The van der Waals surface area contributed by atoms with Gasteiger partial charge in [0.1, 0.15) is 17.3 Å². The predicted octanol–water partition coefficient (Wildman–Crippen LogP) is 2.35. The molecule has 0 saturated carbocycles. The van der Waals surface area contributed by atoms with Crippen LogP contribution >= 0.6 is 0 Å². The van der Waals surface area contributed by atoms with Gasteiger partial charge >= 0.3 is 0 Å². The second-order valence-corrected chi connectivity index (χ2v) is 8.71. The highest BCUT2D eigenvalue weighted by molar-refractivity contribution is 7.89. The van der Waals surface area contributed by atoms with Crippen molar-refractivity contribution in [3.05, 3.63) is 57.6 Å². The Hall–Kier alpha value is -2.79. The molecule has 154 valence electrons. The van der Waals surface area contributed by atoms with Crippen LogP contribution in [0.25, 0.3) is 0 Å². The number of piperazine rings is 1. The molecule has 0 radical (unpaired) electrons. The minimum Gasteiger partial charge on any atom is -0.384 e. The van der Waals surface area contributed by atoms with E-state index in [1.54, 1.807) is 11.0 Å². The van der Waals surface area contributed by atoms with Gasteiger partial charge in [0.2, 0.25) is 10.0 Å². The summed E-state index contributed by atoms with van der Waals surface area (Å²) in [7, 11) is -4.36. The number of nitro benzene ring substituents is 1. The lowest BCUT2D eigenvalue weighted by atomic mass is 10.1. The molecule has 4 rings (SSSR count). The Morgan fingerprint density at radius 3 is 2.31 bits per heavy atom. The molecule has 8 nitrogen and oxygen atoms in total. The zero-order valence-corrected chi connectivity index (χ0v) is 16.1. The molecule has 1 N–H and O–H groups in total. The lowest BCUT2D eigenvalue weighted by Gasteiger charge is -2.36. The lowest BCUT2D eigenvalue weighted by molar-refractivity contribution is -0.384. The summed E-state index contributed by atoms with van der Waals surface area (Å²) in [6.45, 7) is 0.943. The highest BCUT2D eigenvalue weighted by Crippen LogP contribution is 2.40. The second-order valence-electron chi connectivity index (χ2n) is 6.84. The Labute approximate surface area is 165 Å². The molecule has 2 aliphatic heterocycles. The number of anilines is 2. The van der Waals surface area contributed by atoms with Crippen molar-refractivity contribution in [3.63, 3.8) is 0 Å². The van der Waals surface area contributed by atoms with Gasteiger partial charge in [0, 0.05) is 50.0 Å². The Balaban J connectivity index is 1.61. The average Bonchev–Trinajstić information content (AvgIpc) is 3.15. The molecule has 11 heteroatoms. The molecule has 2 aromatic rings.